The lowest BCUT2D eigenvalue weighted by atomic mass is 10.0. The van der Waals surface area contributed by atoms with Crippen LogP contribution in [0.15, 0.2) is 47.5 Å². The van der Waals surface area contributed by atoms with Crippen molar-refractivity contribution in [2.75, 3.05) is 0 Å². The fourth-order valence-corrected chi connectivity index (χ4v) is 4.29. The maximum atomic E-state index is 12.8. The van der Waals surface area contributed by atoms with Gasteiger partial charge in [0.1, 0.15) is 11.5 Å². The predicted octanol–water partition coefficient (Wildman–Crippen LogP) is 3.30. The lowest BCUT2D eigenvalue weighted by Crippen LogP contribution is -2.12. The van der Waals surface area contributed by atoms with Crippen LogP contribution in [-0.2, 0) is 27.4 Å². The third-order valence-electron chi connectivity index (χ3n) is 5.24. The Labute approximate surface area is 160 Å². The maximum Gasteiger partial charge on any atom is 0.433 e. The van der Waals surface area contributed by atoms with Crippen molar-refractivity contribution >= 4 is 15.8 Å². The van der Waals surface area contributed by atoms with Gasteiger partial charge in [0.05, 0.1) is 4.90 Å². The Morgan fingerprint density at radius 3 is 2.32 bits per heavy atom. The van der Waals surface area contributed by atoms with Crippen LogP contribution in [0.3, 0.4) is 0 Å². The van der Waals surface area contributed by atoms with Gasteiger partial charge in [-0.3, -0.25) is 9.78 Å². The molecule has 0 saturated heterocycles. The minimum absolute atomic E-state index is 0.0194. The maximum absolute atomic E-state index is 12.8. The first-order chi connectivity index (χ1) is 12.8. The van der Waals surface area contributed by atoms with Gasteiger partial charge in [0.2, 0.25) is 10.0 Å². The molecule has 2 aromatic rings. The molecule has 0 radical (unpaired) electrons. The molecule has 9 heteroatoms. The van der Waals surface area contributed by atoms with E-state index in [4.69, 9.17) is 5.14 Å². The first-order valence-electron chi connectivity index (χ1n) is 8.49. The van der Waals surface area contributed by atoms with Crippen LogP contribution in [0.4, 0.5) is 13.2 Å². The number of hydrogen-bond donors (Lipinski definition) is 1. The number of nitrogens with two attached hydrogens (primary N) is 1. The molecule has 1 aromatic heterocycles. The van der Waals surface area contributed by atoms with E-state index in [0.717, 1.165) is 17.8 Å². The number of aromatic nitrogens is 1. The summed E-state index contributed by atoms with van der Waals surface area (Å²) in [4.78, 5) is 16.0. The Kier molecular flexibility index (Phi) is 4.87. The molecular weight excluding hydrogens is 393 g/mol. The van der Waals surface area contributed by atoms with Gasteiger partial charge in [-0.2, -0.15) is 13.2 Å². The van der Waals surface area contributed by atoms with E-state index in [2.05, 4.69) is 4.98 Å². The molecule has 1 fully saturated rings. The van der Waals surface area contributed by atoms with Crippen molar-refractivity contribution in [1.29, 1.82) is 0 Å². The highest BCUT2D eigenvalue weighted by atomic mass is 32.2. The number of rotatable bonds is 5. The predicted molar refractivity (Wildman–Crippen MR) is 95.8 cm³/mol. The van der Waals surface area contributed by atoms with Gasteiger partial charge in [0, 0.05) is 18.5 Å². The molecule has 2 N–H and O–H groups in total. The summed E-state index contributed by atoms with van der Waals surface area (Å²) < 4.78 is 61.1. The van der Waals surface area contributed by atoms with Crippen LogP contribution in [0.5, 0.6) is 0 Å². The number of alkyl halides is 3. The van der Waals surface area contributed by atoms with Gasteiger partial charge in [-0.25, -0.2) is 13.6 Å². The van der Waals surface area contributed by atoms with E-state index in [-0.39, 0.29) is 39.9 Å². The summed E-state index contributed by atoms with van der Waals surface area (Å²) in [7, 11) is -3.81. The summed E-state index contributed by atoms with van der Waals surface area (Å²) in [6.45, 7) is 3.81. The van der Waals surface area contributed by atoms with Crippen molar-refractivity contribution in [3.8, 4) is 0 Å². The molecule has 3 rings (SSSR count). The molecule has 1 aliphatic carbocycles. The lowest BCUT2D eigenvalue weighted by Gasteiger charge is -2.07. The zero-order chi connectivity index (χ0) is 20.9. The first-order valence-corrected chi connectivity index (χ1v) is 10.0. The number of pyridine rings is 1. The number of ketones is 1. The summed E-state index contributed by atoms with van der Waals surface area (Å²) in [5.74, 6) is -0.668. The van der Waals surface area contributed by atoms with Crippen molar-refractivity contribution in [1.82, 2.24) is 4.98 Å². The first kappa shape index (κ1) is 20.5. The lowest BCUT2D eigenvalue weighted by molar-refractivity contribution is -0.141. The number of sulfonamides is 1. The van der Waals surface area contributed by atoms with Gasteiger partial charge in [-0.05, 0) is 46.7 Å². The number of Topliss-reactive ketones (excluding diaryl/α,β-unsaturated/α-hetero) is 1. The molecule has 150 valence electrons. The van der Waals surface area contributed by atoms with E-state index >= 15 is 0 Å². The molecule has 2 atom stereocenters. The fraction of sp³-hybridized carbons (Fsp3) is 0.368. The summed E-state index contributed by atoms with van der Waals surface area (Å²) in [6.07, 6.45) is -3.63. The van der Waals surface area contributed by atoms with Crippen molar-refractivity contribution < 1.29 is 26.4 Å². The standard InChI is InChI=1S/C19H19F3N2O3S/c1-18(2)16(12-3-5-13(6-4-12)28(23,26)27)17(18)14(25)9-11-7-8-24-15(10-11)19(20,21)22/h3-8,10,16-17H,9H2,1-2H3,(H2,23,26,27)/t16-,17-/m1/s1. The Morgan fingerprint density at radius 2 is 1.79 bits per heavy atom. The Bertz CT molecular complexity index is 1020. The second kappa shape index (κ2) is 6.66. The molecule has 5 nitrogen and oxygen atoms in total. The van der Waals surface area contributed by atoms with Crippen LogP contribution in [0.25, 0.3) is 0 Å². The minimum Gasteiger partial charge on any atom is -0.299 e. The largest absolute Gasteiger partial charge is 0.433 e. The van der Waals surface area contributed by atoms with Crippen molar-refractivity contribution in [3.05, 3.63) is 59.4 Å². The monoisotopic (exact) mass is 412 g/mol. The molecule has 1 aliphatic rings. The van der Waals surface area contributed by atoms with Crippen LogP contribution in [0.1, 0.15) is 36.6 Å². The summed E-state index contributed by atoms with van der Waals surface area (Å²) >= 11 is 0. The highest BCUT2D eigenvalue weighted by molar-refractivity contribution is 7.89. The highest BCUT2D eigenvalue weighted by Crippen LogP contribution is 2.65. The number of nitrogens with zero attached hydrogens (tertiary/aromatic N) is 1. The van der Waals surface area contributed by atoms with E-state index in [1.54, 1.807) is 12.1 Å². The van der Waals surface area contributed by atoms with Gasteiger partial charge in [-0.15, -0.1) is 0 Å². The van der Waals surface area contributed by atoms with Gasteiger partial charge in [-0.1, -0.05) is 26.0 Å². The van der Waals surface area contributed by atoms with Gasteiger partial charge in [0.15, 0.2) is 0 Å². The zero-order valence-corrected chi connectivity index (χ0v) is 16.0. The van der Waals surface area contributed by atoms with Gasteiger partial charge < -0.3 is 0 Å². The number of carbonyl (C=O) groups is 1. The van der Waals surface area contributed by atoms with Crippen LogP contribution < -0.4 is 5.14 Å². The van der Waals surface area contributed by atoms with E-state index in [9.17, 15) is 26.4 Å². The third kappa shape index (κ3) is 3.95. The number of carbonyl (C=O) groups excluding carboxylic acids is 1. The van der Waals surface area contributed by atoms with Crippen LogP contribution in [0, 0.1) is 11.3 Å². The van der Waals surface area contributed by atoms with Gasteiger partial charge in [0.25, 0.3) is 0 Å². The van der Waals surface area contributed by atoms with E-state index in [1.807, 2.05) is 13.8 Å². The number of hydrogen-bond acceptors (Lipinski definition) is 4. The van der Waals surface area contributed by atoms with Crippen LogP contribution >= 0.6 is 0 Å². The number of halogens is 3. The van der Waals surface area contributed by atoms with E-state index < -0.39 is 21.9 Å². The molecule has 28 heavy (non-hydrogen) atoms. The average molecular weight is 412 g/mol. The number of primary sulfonamides is 1. The molecule has 0 spiro atoms. The molecular formula is C19H19F3N2O3S. The van der Waals surface area contributed by atoms with E-state index in [1.165, 1.54) is 18.2 Å². The Balaban J connectivity index is 1.78. The van der Waals surface area contributed by atoms with Crippen molar-refractivity contribution in [2.24, 2.45) is 16.5 Å². The minimum atomic E-state index is -4.56. The molecule has 1 saturated carbocycles. The third-order valence-corrected chi connectivity index (χ3v) is 6.16. The second-order valence-corrected chi connectivity index (χ2v) is 9.14. The van der Waals surface area contributed by atoms with E-state index in [0.29, 0.717) is 0 Å². The zero-order valence-electron chi connectivity index (χ0n) is 15.2. The fourth-order valence-electron chi connectivity index (χ4n) is 3.78. The van der Waals surface area contributed by atoms with Crippen LogP contribution in [-0.4, -0.2) is 19.2 Å². The molecule has 1 aromatic carbocycles. The summed E-state index contributed by atoms with van der Waals surface area (Å²) in [5.41, 5.74) is -0.345. The average Bonchev–Trinajstić information content (AvgIpc) is 3.16. The topological polar surface area (TPSA) is 90.1 Å². The van der Waals surface area contributed by atoms with Crippen LogP contribution in [0.2, 0.25) is 0 Å². The Morgan fingerprint density at radius 1 is 1.18 bits per heavy atom. The van der Waals surface area contributed by atoms with Crippen molar-refractivity contribution in [2.45, 2.75) is 37.3 Å². The quantitative estimate of drug-likeness (QED) is 0.816. The SMILES string of the molecule is CC1(C)[C@H](C(=O)Cc2ccnc(C(F)(F)F)c2)[C@H]1c1ccc(S(N)(=O)=O)cc1. The highest BCUT2D eigenvalue weighted by Gasteiger charge is 2.61. The van der Waals surface area contributed by atoms with Crippen molar-refractivity contribution in [3.63, 3.8) is 0 Å². The Hall–Kier alpha value is -2.26. The summed E-state index contributed by atoms with van der Waals surface area (Å²) in [6, 6.07) is 8.31. The number of benzene rings is 1. The summed E-state index contributed by atoms with van der Waals surface area (Å²) in [5, 5.41) is 5.09. The molecule has 0 amide bonds. The van der Waals surface area contributed by atoms with Gasteiger partial charge >= 0.3 is 6.18 Å². The molecule has 0 aliphatic heterocycles. The molecule has 0 bridgehead atoms. The molecule has 1 heterocycles. The molecule has 0 unspecified atom stereocenters. The smallest absolute Gasteiger partial charge is 0.299 e. The normalized spacial score (nSPS) is 21.4. The second-order valence-electron chi connectivity index (χ2n) is 7.58.